The monoisotopic (exact) mass is 399 g/mol. The van der Waals surface area contributed by atoms with Crippen LogP contribution in [0.4, 0.5) is 4.79 Å². The molecule has 0 bridgehead atoms. The Morgan fingerprint density at radius 2 is 1.74 bits per heavy atom. The van der Waals surface area contributed by atoms with E-state index in [2.05, 4.69) is 5.32 Å². The second-order valence-corrected chi connectivity index (χ2v) is 6.46. The van der Waals surface area contributed by atoms with Crippen molar-refractivity contribution in [3.8, 4) is 0 Å². The average Bonchev–Trinajstić information content (AvgIpc) is 2.60. The number of aliphatic carboxylic acids is 1. The molecule has 0 aliphatic rings. The molecular formula is C19H26ClNO6. The second kappa shape index (κ2) is 12.2. The minimum absolute atomic E-state index is 0.0974. The van der Waals surface area contributed by atoms with Gasteiger partial charge < -0.3 is 19.9 Å². The summed E-state index contributed by atoms with van der Waals surface area (Å²) >= 11 is 5.81. The average molecular weight is 400 g/mol. The Labute approximate surface area is 164 Å². The molecule has 1 rings (SSSR count). The Bertz CT molecular complexity index is 619. The number of carbonyl (C=O) groups excluding carboxylic acids is 2. The normalized spacial score (nSPS) is 12.7. The molecule has 27 heavy (non-hydrogen) atoms. The highest BCUT2D eigenvalue weighted by atomic mass is 35.5. The molecule has 1 aromatic carbocycles. The van der Waals surface area contributed by atoms with Gasteiger partial charge in [0.1, 0.15) is 0 Å². The van der Waals surface area contributed by atoms with Crippen molar-refractivity contribution >= 4 is 29.6 Å². The summed E-state index contributed by atoms with van der Waals surface area (Å²) in [7, 11) is 0. The fourth-order valence-electron chi connectivity index (χ4n) is 2.39. The van der Waals surface area contributed by atoms with Crippen molar-refractivity contribution in [3.05, 3.63) is 34.9 Å². The van der Waals surface area contributed by atoms with Crippen LogP contribution in [-0.4, -0.2) is 36.0 Å². The number of benzene rings is 1. The lowest BCUT2D eigenvalue weighted by Crippen LogP contribution is -2.33. The maximum Gasteiger partial charge on any atom is 0.410 e. The van der Waals surface area contributed by atoms with Crippen LogP contribution in [0.2, 0.25) is 5.02 Å². The molecule has 0 saturated heterocycles. The summed E-state index contributed by atoms with van der Waals surface area (Å²) < 4.78 is 10.2. The molecule has 0 heterocycles. The number of halogens is 1. The van der Waals surface area contributed by atoms with Crippen molar-refractivity contribution in [1.29, 1.82) is 0 Å². The zero-order valence-corrected chi connectivity index (χ0v) is 16.3. The van der Waals surface area contributed by atoms with Crippen LogP contribution in [0.25, 0.3) is 0 Å². The SMILES string of the molecule is CCCC(=O)OC(CCC)OC(=O)NCCC(C(=O)O)c1ccc(Cl)cc1. The maximum atomic E-state index is 11.9. The minimum atomic E-state index is -0.996. The molecule has 0 aliphatic heterocycles. The third-order valence-corrected chi connectivity index (χ3v) is 4.00. The van der Waals surface area contributed by atoms with Crippen LogP contribution in [0.1, 0.15) is 57.4 Å². The first-order valence-electron chi connectivity index (χ1n) is 8.99. The number of ether oxygens (including phenoxy) is 2. The number of hydrogen-bond acceptors (Lipinski definition) is 5. The number of amides is 1. The van der Waals surface area contributed by atoms with Gasteiger partial charge in [0.25, 0.3) is 0 Å². The fraction of sp³-hybridized carbons (Fsp3) is 0.526. The predicted molar refractivity (Wildman–Crippen MR) is 101 cm³/mol. The molecule has 0 spiro atoms. The summed E-state index contributed by atoms with van der Waals surface area (Å²) in [6.45, 7) is 3.83. The van der Waals surface area contributed by atoms with Crippen LogP contribution >= 0.6 is 11.6 Å². The molecule has 0 fully saturated rings. The standard InChI is InChI=1S/C19H26ClNO6/c1-3-5-16(22)26-17(6-4-2)27-19(25)21-12-11-15(18(23)24)13-7-9-14(20)10-8-13/h7-10,15,17H,3-6,11-12H2,1-2H3,(H,21,25)(H,23,24). The molecule has 1 aromatic rings. The topological polar surface area (TPSA) is 102 Å². The number of carboxylic acids is 1. The van der Waals surface area contributed by atoms with Gasteiger partial charge in [-0.1, -0.05) is 37.6 Å². The summed E-state index contributed by atoms with van der Waals surface area (Å²) in [5.74, 6) is -2.20. The van der Waals surface area contributed by atoms with Crippen LogP contribution in [0.5, 0.6) is 0 Å². The van der Waals surface area contributed by atoms with Crippen LogP contribution < -0.4 is 5.32 Å². The fourth-order valence-corrected chi connectivity index (χ4v) is 2.52. The van der Waals surface area contributed by atoms with Crippen molar-refractivity contribution in [1.82, 2.24) is 5.32 Å². The number of esters is 1. The van der Waals surface area contributed by atoms with Gasteiger partial charge in [-0.05, 0) is 37.0 Å². The van der Waals surface area contributed by atoms with E-state index in [4.69, 9.17) is 21.1 Å². The summed E-state index contributed by atoms with van der Waals surface area (Å²) in [4.78, 5) is 34.9. The Balaban J connectivity index is 2.51. The van der Waals surface area contributed by atoms with E-state index in [1.165, 1.54) is 0 Å². The van der Waals surface area contributed by atoms with Gasteiger partial charge in [0.05, 0.1) is 5.92 Å². The van der Waals surface area contributed by atoms with E-state index in [1.807, 2.05) is 13.8 Å². The van der Waals surface area contributed by atoms with Crippen molar-refractivity contribution in [3.63, 3.8) is 0 Å². The van der Waals surface area contributed by atoms with Crippen LogP contribution in [0.15, 0.2) is 24.3 Å². The third-order valence-electron chi connectivity index (χ3n) is 3.75. The lowest BCUT2D eigenvalue weighted by Gasteiger charge is -2.18. The van der Waals surface area contributed by atoms with Crippen LogP contribution in [0, 0.1) is 0 Å². The van der Waals surface area contributed by atoms with E-state index in [-0.39, 0.29) is 19.4 Å². The number of rotatable bonds is 11. The van der Waals surface area contributed by atoms with Gasteiger partial charge in [-0.25, -0.2) is 4.79 Å². The van der Waals surface area contributed by atoms with Gasteiger partial charge in [-0.3, -0.25) is 9.59 Å². The van der Waals surface area contributed by atoms with E-state index >= 15 is 0 Å². The van der Waals surface area contributed by atoms with Crippen LogP contribution in [0.3, 0.4) is 0 Å². The maximum absolute atomic E-state index is 11.9. The zero-order chi connectivity index (χ0) is 20.2. The number of hydrogen-bond donors (Lipinski definition) is 2. The molecule has 0 aromatic heterocycles. The van der Waals surface area contributed by atoms with Gasteiger partial charge in [-0.15, -0.1) is 0 Å². The minimum Gasteiger partial charge on any atom is -0.481 e. The van der Waals surface area contributed by atoms with E-state index in [9.17, 15) is 19.5 Å². The Kier molecular flexibility index (Phi) is 10.3. The van der Waals surface area contributed by atoms with E-state index in [0.717, 1.165) is 0 Å². The highest BCUT2D eigenvalue weighted by molar-refractivity contribution is 6.30. The van der Waals surface area contributed by atoms with E-state index in [1.54, 1.807) is 24.3 Å². The van der Waals surface area contributed by atoms with E-state index in [0.29, 0.717) is 29.8 Å². The number of alkyl carbamates (subject to hydrolysis) is 1. The molecule has 7 nitrogen and oxygen atoms in total. The van der Waals surface area contributed by atoms with Gasteiger partial charge in [0, 0.05) is 24.4 Å². The Hall–Kier alpha value is -2.28. The molecule has 1 amide bonds. The second-order valence-electron chi connectivity index (χ2n) is 6.02. The first kappa shape index (κ1) is 22.8. The molecule has 0 saturated carbocycles. The molecule has 2 atom stereocenters. The largest absolute Gasteiger partial charge is 0.481 e. The predicted octanol–water partition coefficient (Wildman–Crippen LogP) is 4.09. The van der Waals surface area contributed by atoms with Crippen molar-refractivity contribution < 1.29 is 29.0 Å². The van der Waals surface area contributed by atoms with Gasteiger partial charge in [0.15, 0.2) is 0 Å². The molecule has 150 valence electrons. The molecule has 8 heteroatoms. The Morgan fingerprint density at radius 1 is 1.07 bits per heavy atom. The first-order valence-corrected chi connectivity index (χ1v) is 9.37. The highest BCUT2D eigenvalue weighted by Gasteiger charge is 2.21. The third kappa shape index (κ3) is 8.77. The lowest BCUT2D eigenvalue weighted by molar-refractivity contribution is -0.168. The zero-order valence-electron chi connectivity index (χ0n) is 15.6. The smallest absolute Gasteiger partial charge is 0.410 e. The molecule has 2 N–H and O–H groups in total. The van der Waals surface area contributed by atoms with Gasteiger partial charge in [0.2, 0.25) is 6.29 Å². The van der Waals surface area contributed by atoms with Crippen molar-refractivity contribution in [2.24, 2.45) is 0 Å². The summed E-state index contributed by atoms with van der Waals surface area (Å²) in [5, 5.41) is 12.4. The van der Waals surface area contributed by atoms with Gasteiger partial charge in [-0.2, -0.15) is 0 Å². The highest BCUT2D eigenvalue weighted by Crippen LogP contribution is 2.21. The Morgan fingerprint density at radius 3 is 2.30 bits per heavy atom. The van der Waals surface area contributed by atoms with Crippen LogP contribution in [-0.2, 0) is 19.1 Å². The van der Waals surface area contributed by atoms with Crippen molar-refractivity contribution in [2.75, 3.05) is 6.54 Å². The summed E-state index contributed by atoms with van der Waals surface area (Å²) in [6.07, 6.45) is 0.455. The number of carbonyl (C=O) groups is 3. The number of carboxylic acid groups (broad SMARTS) is 1. The summed E-state index contributed by atoms with van der Waals surface area (Å²) in [5.41, 5.74) is 0.597. The molecular weight excluding hydrogens is 374 g/mol. The molecule has 0 radical (unpaired) electrons. The summed E-state index contributed by atoms with van der Waals surface area (Å²) in [6, 6.07) is 6.52. The lowest BCUT2D eigenvalue weighted by atomic mass is 9.96. The number of nitrogens with one attached hydrogen (secondary N) is 1. The van der Waals surface area contributed by atoms with E-state index < -0.39 is 30.2 Å². The molecule has 0 aliphatic carbocycles. The van der Waals surface area contributed by atoms with Crippen molar-refractivity contribution in [2.45, 2.75) is 58.2 Å². The quantitative estimate of drug-likeness (QED) is 0.429. The first-order chi connectivity index (χ1) is 12.9. The molecule has 2 unspecified atom stereocenters. The van der Waals surface area contributed by atoms with Gasteiger partial charge >= 0.3 is 18.0 Å².